The molecule has 0 fully saturated rings. The molecule has 6 nitrogen and oxygen atoms in total. The van der Waals surface area contributed by atoms with Crippen LogP contribution in [0.25, 0.3) is 0 Å². The molecule has 0 bridgehead atoms. The van der Waals surface area contributed by atoms with Crippen molar-refractivity contribution >= 4 is 0 Å². The van der Waals surface area contributed by atoms with Gasteiger partial charge in [-0.15, -0.1) is 0 Å². The second-order valence-corrected chi connectivity index (χ2v) is 7.54. The van der Waals surface area contributed by atoms with Crippen molar-refractivity contribution in [2.75, 3.05) is 21.3 Å². The van der Waals surface area contributed by atoms with Gasteiger partial charge in [0.25, 0.3) is 0 Å². The first-order valence-corrected chi connectivity index (χ1v) is 9.54. The zero-order valence-corrected chi connectivity index (χ0v) is 16.8. The monoisotopic (exact) mass is 385 g/mol. The average Bonchev–Trinajstić information content (AvgIpc) is 2.71. The van der Waals surface area contributed by atoms with Crippen LogP contribution in [0.15, 0.2) is 18.2 Å². The van der Waals surface area contributed by atoms with Crippen LogP contribution in [0.3, 0.4) is 0 Å². The predicted octanol–water partition coefficient (Wildman–Crippen LogP) is 2.95. The van der Waals surface area contributed by atoms with Crippen LogP contribution in [0.4, 0.5) is 0 Å². The molecular formula is C22H27NO5. The highest BCUT2D eigenvalue weighted by Gasteiger charge is 2.39. The van der Waals surface area contributed by atoms with Crippen LogP contribution < -0.4 is 14.2 Å². The van der Waals surface area contributed by atoms with Crippen molar-refractivity contribution in [2.45, 2.75) is 45.0 Å². The fourth-order valence-electron chi connectivity index (χ4n) is 4.80. The third-order valence-corrected chi connectivity index (χ3v) is 6.20. The number of aliphatic hydroxyl groups is 1. The number of aliphatic hydroxyl groups excluding tert-OH is 1. The summed E-state index contributed by atoms with van der Waals surface area (Å²) in [5.41, 5.74) is 5.32. The lowest BCUT2D eigenvalue weighted by Gasteiger charge is -2.46. The van der Waals surface area contributed by atoms with E-state index < -0.39 is 0 Å². The summed E-state index contributed by atoms with van der Waals surface area (Å²) in [6.45, 7) is 2.87. The van der Waals surface area contributed by atoms with Gasteiger partial charge in [-0.2, -0.15) is 0 Å². The zero-order valence-electron chi connectivity index (χ0n) is 16.8. The average molecular weight is 385 g/mol. The number of rotatable bonds is 4. The molecule has 0 aromatic heterocycles. The molecule has 0 aliphatic carbocycles. The fraction of sp³-hybridized carbons (Fsp3) is 0.455. The number of benzene rings is 2. The summed E-state index contributed by atoms with van der Waals surface area (Å²) in [5, 5.41) is 20.4. The van der Waals surface area contributed by atoms with E-state index in [0.717, 1.165) is 47.4 Å². The van der Waals surface area contributed by atoms with E-state index in [1.54, 1.807) is 21.3 Å². The lowest BCUT2D eigenvalue weighted by Crippen LogP contribution is -2.45. The third-order valence-electron chi connectivity index (χ3n) is 6.20. The first-order chi connectivity index (χ1) is 13.5. The molecule has 2 aliphatic rings. The fourth-order valence-corrected chi connectivity index (χ4v) is 4.80. The number of methoxy groups -OCH3 is 3. The van der Waals surface area contributed by atoms with Gasteiger partial charge in [-0.1, -0.05) is 0 Å². The lowest BCUT2D eigenvalue weighted by molar-refractivity contribution is 0.103. The highest BCUT2D eigenvalue weighted by Crippen LogP contribution is 2.47. The molecule has 0 unspecified atom stereocenters. The summed E-state index contributed by atoms with van der Waals surface area (Å²) in [7, 11) is 4.85. The Bertz CT molecular complexity index is 911. The lowest BCUT2D eigenvalue weighted by atomic mass is 9.79. The SMILES string of the molecule is COc1cc2c(cc1O)[C@@H]1Cc3c(CO)c(OC)cc(OC)c3CN1[C@@H](C)C2. The Morgan fingerprint density at radius 2 is 1.68 bits per heavy atom. The van der Waals surface area contributed by atoms with Crippen molar-refractivity contribution in [3.05, 3.63) is 46.0 Å². The van der Waals surface area contributed by atoms with Crippen molar-refractivity contribution in [1.82, 2.24) is 4.90 Å². The second kappa shape index (κ2) is 7.18. The summed E-state index contributed by atoms with van der Waals surface area (Å²) in [4.78, 5) is 2.45. The van der Waals surface area contributed by atoms with E-state index in [-0.39, 0.29) is 18.4 Å². The van der Waals surface area contributed by atoms with Gasteiger partial charge in [-0.25, -0.2) is 0 Å². The van der Waals surface area contributed by atoms with Crippen molar-refractivity contribution in [2.24, 2.45) is 0 Å². The van der Waals surface area contributed by atoms with E-state index in [0.29, 0.717) is 17.5 Å². The summed E-state index contributed by atoms with van der Waals surface area (Å²) >= 11 is 0. The minimum Gasteiger partial charge on any atom is -0.504 e. The molecule has 2 aliphatic heterocycles. The van der Waals surface area contributed by atoms with Crippen molar-refractivity contribution in [1.29, 1.82) is 0 Å². The summed E-state index contributed by atoms with van der Waals surface area (Å²) in [6.07, 6.45) is 1.62. The molecule has 2 aromatic rings. The first kappa shape index (κ1) is 18.9. The van der Waals surface area contributed by atoms with E-state index in [1.165, 1.54) is 5.56 Å². The smallest absolute Gasteiger partial charge is 0.160 e. The third kappa shape index (κ3) is 2.79. The van der Waals surface area contributed by atoms with Crippen LogP contribution >= 0.6 is 0 Å². The van der Waals surface area contributed by atoms with Crippen molar-refractivity contribution in [3.63, 3.8) is 0 Å². The normalized spacial score (nSPS) is 20.8. The van der Waals surface area contributed by atoms with Crippen molar-refractivity contribution < 1.29 is 24.4 Å². The van der Waals surface area contributed by atoms with Crippen molar-refractivity contribution in [3.8, 4) is 23.0 Å². The largest absolute Gasteiger partial charge is 0.504 e. The maximum absolute atomic E-state index is 10.4. The highest BCUT2D eigenvalue weighted by molar-refractivity contribution is 5.56. The Kier molecular flexibility index (Phi) is 4.85. The van der Waals surface area contributed by atoms with E-state index >= 15 is 0 Å². The molecule has 0 amide bonds. The van der Waals surface area contributed by atoms with E-state index in [2.05, 4.69) is 11.8 Å². The van der Waals surface area contributed by atoms with Crippen LogP contribution in [0.1, 0.15) is 40.8 Å². The second-order valence-electron chi connectivity index (χ2n) is 7.54. The van der Waals surface area contributed by atoms with Gasteiger partial charge in [0, 0.05) is 35.8 Å². The summed E-state index contributed by atoms with van der Waals surface area (Å²) < 4.78 is 16.5. The molecule has 150 valence electrons. The van der Waals surface area contributed by atoms with Gasteiger partial charge in [0.1, 0.15) is 11.5 Å². The Morgan fingerprint density at radius 3 is 2.32 bits per heavy atom. The number of phenolic OH excluding ortho intramolecular Hbond substituents is 1. The number of phenols is 1. The van der Waals surface area contributed by atoms with Gasteiger partial charge in [0.2, 0.25) is 0 Å². The van der Waals surface area contributed by atoms with Gasteiger partial charge < -0.3 is 24.4 Å². The number of hydrogen-bond acceptors (Lipinski definition) is 6. The van der Waals surface area contributed by atoms with E-state index in [1.807, 2.05) is 18.2 Å². The molecule has 0 spiro atoms. The Labute approximate surface area is 165 Å². The van der Waals surface area contributed by atoms with Gasteiger partial charge in [0.05, 0.1) is 27.9 Å². The minimum atomic E-state index is -0.0848. The van der Waals surface area contributed by atoms with Crippen LogP contribution in [0, 0.1) is 0 Å². The van der Waals surface area contributed by atoms with Crippen LogP contribution in [-0.2, 0) is 26.0 Å². The number of fused-ring (bicyclic) bond motifs is 4. The Balaban J connectivity index is 1.87. The quantitative estimate of drug-likeness (QED) is 0.843. The van der Waals surface area contributed by atoms with Gasteiger partial charge in [0.15, 0.2) is 11.5 Å². The molecule has 0 saturated heterocycles. The molecule has 0 saturated carbocycles. The molecule has 2 N–H and O–H groups in total. The molecule has 4 rings (SSSR count). The maximum Gasteiger partial charge on any atom is 0.160 e. The molecule has 0 radical (unpaired) electrons. The summed E-state index contributed by atoms with van der Waals surface area (Å²) in [5.74, 6) is 2.11. The molecular weight excluding hydrogens is 358 g/mol. The minimum absolute atomic E-state index is 0.0848. The standard InChI is InChI=1S/C22H27NO5/c1-12-5-13-6-22(28-4)19(25)8-14(13)18-7-15-16(10-23(12)18)20(26-2)9-21(27-3)17(15)11-24/h6,8-9,12,18,24-25H,5,7,10-11H2,1-4H3/t12-,18-/m0/s1. The number of ether oxygens (including phenoxy) is 3. The highest BCUT2D eigenvalue weighted by atomic mass is 16.5. The topological polar surface area (TPSA) is 71.4 Å². The van der Waals surface area contributed by atoms with Crippen LogP contribution in [0.5, 0.6) is 23.0 Å². The molecule has 6 heteroatoms. The number of aromatic hydroxyl groups is 1. The van der Waals surface area contributed by atoms with Crippen LogP contribution in [-0.4, -0.2) is 42.5 Å². The summed E-state index contributed by atoms with van der Waals surface area (Å²) in [6, 6.07) is 6.10. The van der Waals surface area contributed by atoms with Gasteiger partial charge in [-0.3, -0.25) is 4.90 Å². The molecule has 2 heterocycles. The van der Waals surface area contributed by atoms with E-state index in [9.17, 15) is 10.2 Å². The maximum atomic E-state index is 10.4. The molecule has 2 aromatic carbocycles. The Morgan fingerprint density at radius 1 is 0.964 bits per heavy atom. The number of hydrogen-bond donors (Lipinski definition) is 2. The van der Waals surface area contributed by atoms with Crippen LogP contribution in [0.2, 0.25) is 0 Å². The zero-order chi connectivity index (χ0) is 20.0. The molecule has 28 heavy (non-hydrogen) atoms. The van der Waals surface area contributed by atoms with Gasteiger partial charge >= 0.3 is 0 Å². The predicted molar refractivity (Wildman–Crippen MR) is 105 cm³/mol. The molecule has 2 atom stereocenters. The first-order valence-electron chi connectivity index (χ1n) is 9.54. The van der Waals surface area contributed by atoms with Gasteiger partial charge in [-0.05, 0) is 48.6 Å². The number of nitrogens with zero attached hydrogens (tertiary/aromatic N) is 1. The van der Waals surface area contributed by atoms with E-state index in [4.69, 9.17) is 14.2 Å². The Hall–Kier alpha value is -2.44.